The molecule has 0 aliphatic carbocycles. The van der Waals surface area contributed by atoms with Gasteiger partial charge >= 0.3 is 5.97 Å². The van der Waals surface area contributed by atoms with E-state index in [1.807, 2.05) is 6.08 Å². The first kappa shape index (κ1) is 16.4. The lowest BCUT2D eigenvalue weighted by Crippen LogP contribution is -2.04. The van der Waals surface area contributed by atoms with Crippen LogP contribution in [0.3, 0.4) is 0 Å². The van der Waals surface area contributed by atoms with Gasteiger partial charge in [-0.05, 0) is 46.1 Å². The second-order valence-electron chi connectivity index (χ2n) is 4.35. The molecule has 0 aromatic carbocycles. The monoisotopic (exact) mass is 302 g/mol. The van der Waals surface area contributed by atoms with Gasteiger partial charge in [0.05, 0.1) is 0 Å². The molecule has 0 bridgehead atoms. The van der Waals surface area contributed by atoms with Crippen molar-refractivity contribution in [3.63, 3.8) is 0 Å². The summed E-state index contributed by atoms with van der Waals surface area (Å²) in [5, 5.41) is 0.847. The minimum absolute atomic E-state index is 0.113. The molecule has 17 heavy (non-hydrogen) atoms. The molecule has 0 rings (SSSR count). The van der Waals surface area contributed by atoms with Gasteiger partial charge in [0, 0.05) is 11.8 Å². The molecular formula is C14H23BrO2. The van der Waals surface area contributed by atoms with Gasteiger partial charge < -0.3 is 4.74 Å². The van der Waals surface area contributed by atoms with Crippen LogP contribution in [0.1, 0.15) is 46.5 Å². The van der Waals surface area contributed by atoms with E-state index in [0.29, 0.717) is 13.0 Å². The number of carbonyl (C=O) groups is 1. The van der Waals surface area contributed by atoms with Gasteiger partial charge in [0.2, 0.25) is 0 Å². The van der Waals surface area contributed by atoms with E-state index >= 15 is 0 Å². The van der Waals surface area contributed by atoms with Crippen LogP contribution in [-0.2, 0) is 9.53 Å². The maximum Gasteiger partial charge on any atom is 0.306 e. The van der Waals surface area contributed by atoms with Crippen LogP contribution in [-0.4, -0.2) is 17.9 Å². The van der Waals surface area contributed by atoms with Gasteiger partial charge in [-0.15, -0.1) is 0 Å². The highest BCUT2D eigenvalue weighted by Crippen LogP contribution is 2.06. The van der Waals surface area contributed by atoms with E-state index in [-0.39, 0.29) is 5.97 Å². The predicted molar refractivity (Wildman–Crippen MR) is 76.4 cm³/mol. The molecule has 0 aromatic rings. The molecule has 0 aliphatic heterocycles. The highest BCUT2D eigenvalue weighted by atomic mass is 79.9. The summed E-state index contributed by atoms with van der Waals surface area (Å²) >= 11 is 3.28. The molecule has 0 aliphatic rings. The normalized spacial score (nSPS) is 11.2. The van der Waals surface area contributed by atoms with Crippen LogP contribution in [0.25, 0.3) is 0 Å². The molecule has 0 saturated heterocycles. The third-order valence-electron chi connectivity index (χ3n) is 2.28. The molecule has 0 saturated carbocycles. The lowest BCUT2D eigenvalue weighted by Gasteiger charge is -2.02. The Kier molecular flexibility index (Phi) is 10.2. The van der Waals surface area contributed by atoms with Crippen molar-refractivity contribution in [1.29, 1.82) is 0 Å². The Labute approximate surface area is 113 Å². The van der Waals surface area contributed by atoms with Gasteiger partial charge in [-0.25, -0.2) is 0 Å². The molecule has 0 fully saturated rings. The van der Waals surface area contributed by atoms with Gasteiger partial charge in [0.25, 0.3) is 0 Å². The Balaban J connectivity index is 3.69. The van der Waals surface area contributed by atoms with Gasteiger partial charge in [-0.1, -0.05) is 33.2 Å². The second-order valence-corrected chi connectivity index (χ2v) is 5.14. The van der Waals surface area contributed by atoms with E-state index in [4.69, 9.17) is 4.74 Å². The first-order chi connectivity index (χ1) is 8.06. The Morgan fingerprint density at radius 1 is 1.18 bits per heavy atom. The second kappa shape index (κ2) is 10.6. The molecule has 0 unspecified atom stereocenters. The number of halogens is 1. The first-order valence-corrected chi connectivity index (χ1v) is 7.19. The van der Waals surface area contributed by atoms with E-state index in [9.17, 15) is 4.79 Å². The van der Waals surface area contributed by atoms with Crippen molar-refractivity contribution in [3.8, 4) is 0 Å². The van der Waals surface area contributed by atoms with Crippen molar-refractivity contribution >= 4 is 21.9 Å². The minimum atomic E-state index is -0.113. The molecule has 0 atom stereocenters. The van der Waals surface area contributed by atoms with Crippen molar-refractivity contribution in [1.82, 2.24) is 0 Å². The number of rotatable bonds is 8. The predicted octanol–water partition coefficient (Wildman–Crippen LogP) is 4.40. The number of allylic oxidation sites excluding steroid dienone is 3. The van der Waals surface area contributed by atoms with Gasteiger partial charge in [0.15, 0.2) is 0 Å². The van der Waals surface area contributed by atoms with E-state index in [2.05, 4.69) is 42.8 Å². The van der Waals surface area contributed by atoms with Gasteiger partial charge in [0.1, 0.15) is 6.61 Å². The minimum Gasteiger partial charge on any atom is -0.461 e. The summed E-state index contributed by atoms with van der Waals surface area (Å²) in [5.74, 6) is -0.113. The quantitative estimate of drug-likeness (QED) is 0.377. The van der Waals surface area contributed by atoms with E-state index < -0.39 is 0 Å². The molecule has 3 heteroatoms. The maximum absolute atomic E-state index is 11.2. The number of esters is 1. The maximum atomic E-state index is 11.2. The molecular weight excluding hydrogens is 280 g/mol. The summed E-state index contributed by atoms with van der Waals surface area (Å²) in [6.45, 7) is 6.68. The van der Waals surface area contributed by atoms with Crippen LogP contribution in [0.5, 0.6) is 0 Å². The van der Waals surface area contributed by atoms with Crippen LogP contribution in [0.2, 0.25) is 0 Å². The van der Waals surface area contributed by atoms with Crippen molar-refractivity contribution < 1.29 is 9.53 Å². The Morgan fingerprint density at radius 2 is 1.88 bits per heavy atom. The van der Waals surface area contributed by atoms with Crippen molar-refractivity contribution in [2.45, 2.75) is 46.5 Å². The largest absolute Gasteiger partial charge is 0.461 e. The summed E-state index contributed by atoms with van der Waals surface area (Å²) in [5.41, 5.74) is 2.62. The van der Waals surface area contributed by atoms with Crippen molar-refractivity contribution in [3.05, 3.63) is 23.3 Å². The van der Waals surface area contributed by atoms with Crippen molar-refractivity contribution in [2.75, 3.05) is 11.9 Å². The fraction of sp³-hybridized carbons (Fsp3) is 0.643. The third kappa shape index (κ3) is 11.7. The number of hydrogen-bond acceptors (Lipinski definition) is 2. The van der Waals surface area contributed by atoms with Gasteiger partial charge in [-0.3, -0.25) is 4.79 Å². The first-order valence-electron chi connectivity index (χ1n) is 6.07. The average molecular weight is 303 g/mol. The van der Waals surface area contributed by atoms with Crippen LogP contribution in [0.4, 0.5) is 0 Å². The molecule has 0 radical (unpaired) electrons. The molecule has 98 valence electrons. The Bertz CT molecular complexity index is 276. The molecule has 2 nitrogen and oxygen atoms in total. The molecule has 0 N–H and O–H groups in total. The number of ether oxygens (including phenoxy) is 1. The highest BCUT2D eigenvalue weighted by molar-refractivity contribution is 9.09. The summed E-state index contributed by atoms with van der Waals surface area (Å²) in [4.78, 5) is 11.2. The molecule has 0 spiro atoms. The zero-order valence-electron chi connectivity index (χ0n) is 11.1. The Hall–Kier alpha value is -0.570. The van der Waals surface area contributed by atoms with Crippen molar-refractivity contribution in [2.24, 2.45) is 0 Å². The van der Waals surface area contributed by atoms with E-state index in [1.54, 1.807) is 0 Å². The van der Waals surface area contributed by atoms with Crippen LogP contribution >= 0.6 is 15.9 Å². The summed E-state index contributed by atoms with van der Waals surface area (Å²) in [6.07, 6.45) is 7.63. The highest BCUT2D eigenvalue weighted by Gasteiger charge is 2.00. The molecule has 0 aromatic heterocycles. The fourth-order valence-corrected chi connectivity index (χ4v) is 1.53. The third-order valence-corrected chi connectivity index (χ3v) is 2.84. The summed E-state index contributed by atoms with van der Waals surface area (Å²) < 4.78 is 5.09. The lowest BCUT2D eigenvalue weighted by molar-refractivity contribution is -0.142. The molecule has 0 heterocycles. The van der Waals surface area contributed by atoms with Crippen LogP contribution in [0.15, 0.2) is 23.3 Å². The van der Waals surface area contributed by atoms with Crippen LogP contribution < -0.4 is 0 Å². The number of carbonyl (C=O) groups excluding carboxylic acids is 1. The number of hydrogen-bond donors (Lipinski definition) is 0. The number of alkyl halides is 1. The van der Waals surface area contributed by atoms with Crippen LogP contribution in [0, 0.1) is 0 Å². The zero-order valence-corrected chi connectivity index (χ0v) is 12.7. The fourth-order valence-electron chi connectivity index (χ4n) is 1.25. The summed E-state index contributed by atoms with van der Waals surface area (Å²) in [6, 6.07) is 0. The topological polar surface area (TPSA) is 26.3 Å². The lowest BCUT2D eigenvalue weighted by atomic mass is 10.1. The standard InChI is InChI=1S/C14H23BrO2/c1-12(2)6-4-7-13(3)9-11-17-14(16)8-5-10-15/h6,9H,4-5,7-8,10-11H2,1-3H3/b13-9+. The average Bonchev–Trinajstić information content (AvgIpc) is 2.25. The zero-order chi connectivity index (χ0) is 13.1. The van der Waals surface area contributed by atoms with E-state index in [0.717, 1.165) is 24.6 Å². The van der Waals surface area contributed by atoms with Gasteiger partial charge in [-0.2, -0.15) is 0 Å². The molecule has 0 amide bonds. The smallest absolute Gasteiger partial charge is 0.306 e. The SMILES string of the molecule is CC(C)=CCC/C(C)=C/COC(=O)CCCBr. The summed E-state index contributed by atoms with van der Waals surface area (Å²) in [7, 11) is 0. The Morgan fingerprint density at radius 3 is 2.47 bits per heavy atom. The van der Waals surface area contributed by atoms with E-state index in [1.165, 1.54) is 11.1 Å².